The van der Waals surface area contributed by atoms with Crippen LogP contribution in [0, 0.1) is 11.6 Å². The summed E-state index contributed by atoms with van der Waals surface area (Å²) in [5.41, 5.74) is 0. The fourth-order valence-corrected chi connectivity index (χ4v) is 2.51. The van der Waals surface area contributed by atoms with Crippen LogP contribution in [0.25, 0.3) is 0 Å². The van der Waals surface area contributed by atoms with E-state index in [9.17, 15) is 17.2 Å². The van der Waals surface area contributed by atoms with Gasteiger partial charge in [-0.2, -0.15) is 8.42 Å². The van der Waals surface area contributed by atoms with Gasteiger partial charge in [0.1, 0.15) is 10.7 Å². The average molecular weight is 305 g/mol. The molecule has 0 aliphatic heterocycles. The second-order valence-electron chi connectivity index (χ2n) is 3.54. The highest BCUT2D eigenvalue weighted by Crippen LogP contribution is 2.24. The minimum atomic E-state index is -4.46. The van der Waals surface area contributed by atoms with E-state index in [-0.39, 0.29) is 5.02 Å². The molecule has 0 spiro atoms. The lowest BCUT2D eigenvalue weighted by atomic mass is 10.3. The Kier molecular flexibility index (Phi) is 3.73. The number of hydrogen-bond donors (Lipinski definition) is 0. The highest BCUT2D eigenvalue weighted by atomic mass is 35.5. The number of rotatable bonds is 3. The molecule has 100 valence electrons. The first kappa shape index (κ1) is 13.8. The molecule has 2 aromatic rings. The summed E-state index contributed by atoms with van der Waals surface area (Å²) >= 11 is 5.52. The van der Waals surface area contributed by atoms with E-state index < -0.39 is 32.4 Å². The molecule has 0 heterocycles. The van der Waals surface area contributed by atoms with E-state index in [1.54, 1.807) is 0 Å². The summed E-state index contributed by atoms with van der Waals surface area (Å²) in [5.74, 6) is -2.43. The van der Waals surface area contributed by atoms with Crippen molar-refractivity contribution in [3.8, 4) is 5.75 Å². The Hall–Kier alpha value is -1.66. The van der Waals surface area contributed by atoms with Crippen LogP contribution in [-0.4, -0.2) is 8.42 Å². The summed E-state index contributed by atoms with van der Waals surface area (Å²) in [7, 11) is -4.46. The van der Waals surface area contributed by atoms with E-state index in [2.05, 4.69) is 4.18 Å². The lowest BCUT2D eigenvalue weighted by Crippen LogP contribution is -2.12. The van der Waals surface area contributed by atoms with Crippen molar-refractivity contribution in [1.82, 2.24) is 0 Å². The van der Waals surface area contributed by atoms with Gasteiger partial charge in [0.15, 0.2) is 11.6 Å². The molecule has 0 radical (unpaired) electrons. The lowest BCUT2D eigenvalue weighted by Gasteiger charge is -2.08. The van der Waals surface area contributed by atoms with E-state index >= 15 is 0 Å². The van der Waals surface area contributed by atoms with Gasteiger partial charge in [-0.3, -0.25) is 0 Å². The van der Waals surface area contributed by atoms with Crippen molar-refractivity contribution in [1.29, 1.82) is 0 Å². The molecule has 0 aromatic heterocycles. The molecule has 0 aliphatic carbocycles. The van der Waals surface area contributed by atoms with Crippen LogP contribution >= 0.6 is 11.6 Å². The van der Waals surface area contributed by atoms with E-state index in [1.807, 2.05) is 0 Å². The van der Waals surface area contributed by atoms with Crippen LogP contribution < -0.4 is 4.18 Å². The zero-order valence-electron chi connectivity index (χ0n) is 9.31. The van der Waals surface area contributed by atoms with Gasteiger partial charge in [0.25, 0.3) is 0 Å². The Morgan fingerprint density at radius 3 is 2.32 bits per heavy atom. The molecule has 0 amide bonds. The Bertz CT molecular complexity index is 717. The number of halogens is 3. The van der Waals surface area contributed by atoms with Crippen molar-refractivity contribution < 1.29 is 21.4 Å². The molecule has 0 N–H and O–H groups in total. The molecule has 0 aliphatic rings. The van der Waals surface area contributed by atoms with Gasteiger partial charge < -0.3 is 4.18 Å². The van der Waals surface area contributed by atoms with Gasteiger partial charge in [0, 0.05) is 5.02 Å². The third kappa shape index (κ3) is 3.02. The van der Waals surface area contributed by atoms with E-state index in [0.717, 1.165) is 24.3 Å². The minimum Gasteiger partial charge on any atom is -0.376 e. The molecule has 0 fully saturated rings. The van der Waals surface area contributed by atoms with Gasteiger partial charge in [-0.25, -0.2) is 8.78 Å². The molecule has 0 saturated carbocycles. The van der Waals surface area contributed by atoms with Crippen molar-refractivity contribution in [2.45, 2.75) is 4.90 Å². The first-order valence-electron chi connectivity index (χ1n) is 5.04. The van der Waals surface area contributed by atoms with Crippen LogP contribution in [0.15, 0.2) is 47.4 Å². The molecule has 19 heavy (non-hydrogen) atoms. The SMILES string of the molecule is O=S(=O)(Oc1ccccc1F)c1ccc(Cl)cc1F. The second-order valence-corrected chi connectivity index (χ2v) is 5.49. The van der Waals surface area contributed by atoms with Gasteiger partial charge in [0.2, 0.25) is 0 Å². The van der Waals surface area contributed by atoms with Crippen LogP contribution in [0.4, 0.5) is 8.78 Å². The zero-order valence-corrected chi connectivity index (χ0v) is 10.9. The smallest absolute Gasteiger partial charge is 0.342 e. The Balaban J connectivity index is 2.41. The summed E-state index contributed by atoms with van der Waals surface area (Å²) in [4.78, 5) is -0.708. The van der Waals surface area contributed by atoms with Gasteiger partial charge in [-0.15, -0.1) is 0 Å². The summed E-state index contributed by atoms with van der Waals surface area (Å²) in [5, 5.41) is 0.0438. The molecule has 7 heteroatoms. The van der Waals surface area contributed by atoms with Crippen LogP contribution in [0.2, 0.25) is 5.02 Å². The highest BCUT2D eigenvalue weighted by Gasteiger charge is 2.22. The maximum atomic E-state index is 13.5. The molecule has 2 aromatic carbocycles. The molecule has 0 bridgehead atoms. The number of benzene rings is 2. The minimum absolute atomic E-state index is 0.0438. The zero-order chi connectivity index (χ0) is 14.0. The fraction of sp³-hybridized carbons (Fsp3) is 0. The third-order valence-corrected chi connectivity index (χ3v) is 3.70. The van der Waals surface area contributed by atoms with Crippen LogP contribution in [0.3, 0.4) is 0 Å². The van der Waals surface area contributed by atoms with Crippen molar-refractivity contribution in [3.63, 3.8) is 0 Å². The first-order chi connectivity index (χ1) is 8.90. The molecule has 0 saturated heterocycles. The van der Waals surface area contributed by atoms with Gasteiger partial charge in [0.05, 0.1) is 0 Å². The normalized spacial score (nSPS) is 11.3. The fourth-order valence-electron chi connectivity index (χ4n) is 1.35. The second kappa shape index (κ2) is 5.14. The lowest BCUT2D eigenvalue weighted by molar-refractivity contribution is 0.455. The van der Waals surface area contributed by atoms with Crippen molar-refractivity contribution >= 4 is 21.7 Å². The van der Waals surface area contributed by atoms with Crippen molar-refractivity contribution in [2.24, 2.45) is 0 Å². The molecular formula is C12H7ClF2O3S. The highest BCUT2D eigenvalue weighted by molar-refractivity contribution is 7.87. The quantitative estimate of drug-likeness (QED) is 0.816. The average Bonchev–Trinajstić information content (AvgIpc) is 2.31. The number of hydrogen-bond acceptors (Lipinski definition) is 3. The summed E-state index contributed by atoms with van der Waals surface area (Å²) in [6, 6.07) is 7.91. The number of para-hydroxylation sites is 1. The van der Waals surface area contributed by atoms with Crippen molar-refractivity contribution in [3.05, 3.63) is 59.1 Å². The van der Waals surface area contributed by atoms with Crippen molar-refractivity contribution in [2.75, 3.05) is 0 Å². The third-order valence-electron chi connectivity index (χ3n) is 2.20. The maximum Gasteiger partial charge on any atom is 0.342 e. The standard InChI is InChI=1S/C12H7ClF2O3S/c13-8-5-6-12(10(15)7-8)19(16,17)18-11-4-2-1-3-9(11)14/h1-7H. The molecule has 3 nitrogen and oxygen atoms in total. The first-order valence-corrected chi connectivity index (χ1v) is 6.83. The van der Waals surface area contributed by atoms with Crippen LogP contribution in [0.1, 0.15) is 0 Å². The predicted molar refractivity (Wildman–Crippen MR) is 65.6 cm³/mol. The maximum absolute atomic E-state index is 13.5. The summed E-state index contributed by atoms with van der Waals surface area (Å²) in [6.45, 7) is 0. The van der Waals surface area contributed by atoms with Crippen LogP contribution in [-0.2, 0) is 10.1 Å². The molecular weight excluding hydrogens is 298 g/mol. The molecule has 2 rings (SSSR count). The summed E-state index contributed by atoms with van der Waals surface area (Å²) < 4.78 is 55.0. The Morgan fingerprint density at radius 1 is 1.00 bits per heavy atom. The van der Waals surface area contributed by atoms with Gasteiger partial charge in [-0.1, -0.05) is 23.7 Å². The van der Waals surface area contributed by atoms with E-state index in [0.29, 0.717) is 0 Å². The monoisotopic (exact) mass is 304 g/mol. The molecule has 0 atom stereocenters. The van der Waals surface area contributed by atoms with Gasteiger partial charge >= 0.3 is 10.1 Å². The van der Waals surface area contributed by atoms with Crippen LogP contribution in [0.5, 0.6) is 5.75 Å². The largest absolute Gasteiger partial charge is 0.376 e. The topological polar surface area (TPSA) is 43.4 Å². The Labute approximate surface area is 113 Å². The molecule has 0 unspecified atom stereocenters. The van der Waals surface area contributed by atoms with E-state index in [4.69, 9.17) is 11.6 Å². The van der Waals surface area contributed by atoms with E-state index in [1.165, 1.54) is 18.2 Å². The Morgan fingerprint density at radius 2 is 1.68 bits per heavy atom. The predicted octanol–water partition coefficient (Wildman–Crippen LogP) is 3.39. The van der Waals surface area contributed by atoms with Gasteiger partial charge in [-0.05, 0) is 30.3 Å². The summed E-state index contributed by atoms with van der Waals surface area (Å²) in [6.07, 6.45) is 0.